The minimum absolute atomic E-state index is 0.0462. The van der Waals surface area contributed by atoms with E-state index in [9.17, 15) is 14.7 Å². The van der Waals surface area contributed by atoms with Crippen molar-refractivity contribution in [1.29, 1.82) is 0 Å². The summed E-state index contributed by atoms with van der Waals surface area (Å²) < 4.78 is 11.3. The van der Waals surface area contributed by atoms with E-state index >= 15 is 0 Å². The number of aryl methyl sites for hydroxylation is 1. The molecule has 4 N–H and O–H groups in total. The van der Waals surface area contributed by atoms with Crippen molar-refractivity contribution < 1.29 is 24.2 Å². The first-order valence-corrected chi connectivity index (χ1v) is 14.3. The normalized spacial score (nSPS) is 17.0. The number of hydrogen-bond donors (Lipinski definition) is 4. The Morgan fingerprint density at radius 2 is 1.44 bits per heavy atom. The highest BCUT2D eigenvalue weighted by Gasteiger charge is 2.39. The van der Waals surface area contributed by atoms with Crippen molar-refractivity contribution in [2.45, 2.75) is 124 Å². The van der Waals surface area contributed by atoms with Gasteiger partial charge in [0.25, 0.3) is 0 Å². The molecule has 8 nitrogen and oxygen atoms in total. The number of carbonyl (C=O) groups is 2. The topological polar surface area (TPSA) is 109 Å². The zero-order valence-electron chi connectivity index (χ0n) is 26.7. The molecule has 2 aromatic carbocycles. The van der Waals surface area contributed by atoms with Gasteiger partial charge in [-0.3, -0.25) is 10.6 Å². The fraction of sp³-hybridized carbons (Fsp3) is 0.576. The van der Waals surface area contributed by atoms with Gasteiger partial charge in [0.2, 0.25) is 0 Å². The smallest absolute Gasteiger partial charge is 0.411 e. The van der Waals surface area contributed by atoms with Gasteiger partial charge < -0.3 is 19.9 Å². The van der Waals surface area contributed by atoms with Crippen molar-refractivity contribution in [3.8, 4) is 5.75 Å². The van der Waals surface area contributed by atoms with Gasteiger partial charge in [0.1, 0.15) is 18.5 Å². The number of nitrogens with one attached hydrogen (secondary N) is 3. The Kier molecular flexibility index (Phi) is 9.09. The molecule has 0 saturated carbocycles. The molecule has 0 spiro atoms. The van der Waals surface area contributed by atoms with E-state index < -0.39 is 12.2 Å². The molecule has 2 aromatic rings. The van der Waals surface area contributed by atoms with Crippen LogP contribution in [0.5, 0.6) is 5.75 Å². The second kappa shape index (κ2) is 11.6. The van der Waals surface area contributed by atoms with E-state index in [1.807, 2.05) is 66.7 Å². The fourth-order valence-electron chi connectivity index (χ4n) is 5.66. The molecule has 1 fully saturated rings. The molecule has 0 bridgehead atoms. The molecular formula is C33H49N3O5. The number of amides is 2. The number of piperidine rings is 1. The first-order valence-electron chi connectivity index (χ1n) is 14.3. The Balaban J connectivity index is 1.66. The fourth-order valence-corrected chi connectivity index (χ4v) is 5.66. The molecule has 1 saturated heterocycles. The summed E-state index contributed by atoms with van der Waals surface area (Å²) in [7, 11) is 0. The Bertz CT molecular complexity index is 1230. The van der Waals surface area contributed by atoms with Crippen LogP contribution in [-0.4, -0.2) is 34.5 Å². The highest BCUT2D eigenvalue weighted by atomic mass is 16.6. The van der Waals surface area contributed by atoms with E-state index in [1.54, 1.807) is 12.1 Å². The van der Waals surface area contributed by atoms with Crippen molar-refractivity contribution in [2.75, 3.05) is 10.6 Å². The molecule has 226 valence electrons. The number of ether oxygens (including phenoxy) is 2. The van der Waals surface area contributed by atoms with E-state index in [1.165, 1.54) is 0 Å². The van der Waals surface area contributed by atoms with Crippen molar-refractivity contribution >= 4 is 23.6 Å². The Morgan fingerprint density at radius 3 is 1.95 bits per heavy atom. The van der Waals surface area contributed by atoms with Crippen LogP contribution in [0.1, 0.15) is 104 Å². The van der Waals surface area contributed by atoms with Crippen LogP contribution in [-0.2, 0) is 26.9 Å². The van der Waals surface area contributed by atoms with Gasteiger partial charge in [-0.05, 0) is 92.0 Å². The number of aromatic hydroxyl groups is 1. The lowest BCUT2D eigenvalue weighted by atomic mass is 9.78. The zero-order valence-corrected chi connectivity index (χ0v) is 26.7. The number of rotatable bonds is 5. The van der Waals surface area contributed by atoms with Gasteiger partial charge in [-0.1, -0.05) is 47.6 Å². The lowest BCUT2D eigenvalue weighted by Crippen LogP contribution is -2.59. The van der Waals surface area contributed by atoms with E-state index in [-0.39, 0.29) is 40.4 Å². The van der Waals surface area contributed by atoms with Gasteiger partial charge in [0.05, 0.1) is 0 Å². The molecule has 1 heterocycles. The summed E-state index contributed by atoms with van der Waals surface area (Å²) in [5.74, 6) is 0.282. The second-order valence-corrected chi connectivity index (χ2v) is 14.7. The predicted octanol–water partition coefficient (Wildman–Crippen LogP) is 7.90. The molecular weight excluding hydrogens is 518 g/mol. The van der Waals surface area contributed by atoms with Crippen molar-refractivity contribution in [2.24, 2.45) is 0 Å². The molecule has 2 amide bonds. The van der Waals surface area contributed by atoms with Crippen LogP contribution < -0.4 is 16.0 Å². The second-order valence-electron chi connectivity index (χ2n) is 14.7. The van der Waals surface area contributed by atoms with Crippen molar-refractivity contribution in [3.05, 3.63) is 52.6 Å². The summed E-state index contributed by atoms with van der Waals surface area (Å²) in [6.07, 6.45) is 0.0710. The van der Waals surface area contributed by atoms with E-state index in [4.69, 9.17) is 9.47 Å². The van der Waals surface area contributed by atoms with Crippen LogP contribution in [0.3, 0.4) is 0 Å². The summed E-state index contributed by atoms with van der Waals surface area (Å²) in [5.41, 5.74) is 3.41. The molecule has 41 heavy (non-hydrogen) atoms. The molecule has 0 atom stereocenters. The quantitative estimate of drug-likeness (QED) is 0.292. The van der Waals surface area contributed by atoms with Crippen LogP contribution in [0.15, 0.2) is 30.3 Å². The van der Waals surface area contributed by atoms with E-state index in [0.29, 0.717) is 24.2 Å². The van der Waals surface area contributed by atoms with E-state index in [2.05, 4.69) is 43.6 Å². The molecule has 0 aliphatic carbocycles. The molecule has 1 aliphatic rings. The maximum absolute atomic E-state index is 12.8. The van der Waals surface area contributed by atoms with Crippen LogP contribution in [0.4, 0.5) is 21.0 Å². The van der Waals surface area contributed by atoms with Crippen molar-refractivity contribution in [3.63, 3.8) is 0 Å². The minimum atomic E-state index is -0.616. The molecule has 8 heteroatoms. The van der Waals surface area contributed by atoms with Crippen LogP contribution in [0.2, 0.25) is 0 Å². The maximum atomic E-state index is 12.8. The summed E-state index contributed by atoms with van der Waals surface area (Å²) in [5, 5.41) is 20.1. The number of anilines is 2. The van der Waals surface area contributed by atoms with Gasteiger partial charge in [-0.2, -0.15) is 0 Å². The summed E-state index contributed by atoms with van der Waals surface area (Å²) in [6.45, 7) is 22.6. The van der Waals surface area contributed by atoms with Gasteiger partial charge in [-0.25, -0.2) is 9.59 Å². The van der Waals surface area contributed by atoms with E-state index in [0.717, 1.165) is 22.3 Å². The molecule has 3 rings (SSSR count). The predicted molar refractivity (Wildman–Crippen MR) is 165 cm³/mol. The molecule has 0 radical (unpaired) electrons. The number of phenolic OH excluding ortho intramolecular Hbond substituents is 1. The zero-order chi connectivity index (χ0) is 31.0. The first-order chi connectivity index (χ1) is 18.6. The van der Waals surface area contributed by atoms with Gasteiger partial charge in [-0.15, -0.1) is 0 Å². The lowest BCUT2D eigenvalue weighted by Gasteiger charge is -2.45. The van der Waals surface area contributed by atoms with Gasteiger partial charge >= 0.3 is 12.2 Å². The highest BCUT2D eigenvalue weighted by Crippen LogP contribution is 2.40. The number of carbonyl (C=O) groups excluding carboxylic acids is 2. The largest absolute Gasteiger partial charge is 0.507 e. The lowest BCUT2D eigenvalue weighted by molar-refractivity contribution is 0.0256. The third-order valence-electron chi connectivity index (χ3n) is 7.30. The van der Waals surface area contributed by atoms with Crippen LogP contribution >= 0.6 is 0 Å². The molecule has 1 aliphatic heterocycles. The summed E-state index contributed by atoms with van der Waals surface area (Å²) in [6, 6.07) is 9.05. The first kappa shape index (κ1) is 32.3. The molecule has 0 unspecified atom stereocenters. The summed E-state index contributed by atoms with van der Waals surface area (Å²) in [4.78, 5) is 25.5. The Hall–Kier alpha value is -3.26. The summed E-state index contributed by atoms with van der Waals surface area (Å²) >= 11 is 0. The van der Waals surface area contributed by atoms with Crippen molar-refractivity contribution in [1.82, 2.24) is 5.32 Å². The standard InChI is InChI=1S/C33H49N3O5/c1-20-12-13-22(34-29(39)41-23-17-32(8,9)36-33(10,11)18-23)16-26(20)35-28(38)40-19-21-14-24(30(2,3)4)27(37)25(15-21)31(5,6)7/h12-16,23,36-37H,17-19H2,1-11H3,(H,34,39)(H,35,38). The monoisotopic (exact) mass is 567 g/mol. The van der Waals surface area contributed by atoms with Gasteiger partial charge in [0, 0.05) is 35.3 Å². The minimum Gasteiger partial charge on any atom is -0.507 e. The van der Waals surface area contributed by atoms with Crippen LogP contribution in [0.25, 0.3) is 0 Å². The number of benzene rings is 2. The number of hydrogen-bond acceptors (Lipinski definition) is 6. The Morgan fingerprint density at radius 1 is 0.902 bits per heavy atom. The SMILES string of the molecule is Cc1ccc(NC(=O)OC2CC(C)(C)NC(C)(C)C2)cc1NC(=O)OCc1cc(C(C)(C)C)c(O)c(C(C)(C)C)c1. The third-order valence-corrected chi connectivity index (χ3v) is 7.30. The van der Waals surface area contributed by atoms with Crippen LogP contribution in [0, 0.1) is 6.92 Å². The highest BCUT2D eigenvalue weighted by molar-refractivity contribution is 5.89. The van der Waals surface area contributed by atoms with Gasteiger partial charge in [0.15, 0.2) is 0 Å². The average Bonchev–Trinajstić information content (AvgIpc) is 2.76. The Labute approximate surface area is 245 Å². The number of phenols is 1. The maximum Gasteiger partial charge on any atom is 0.411 e. The molecule has 0 aromatic heterocycles. The average molecular weight is 568 g/mol. The third kappa shape index (κ3) is 8.86.